The van der Waals surface area contributed by atoms with Gasteiger partial charge in [-0.05, 0) is 26.8 Å². The molecule has 0 radical (unpaired) electrons. The second-order valence-electron chi connectivity index (χ2n) is 5.99. The van der Waals surface area contributed by atoms with Crippen LogP contribution in [-0.4, -0.2) is 42.9 Å². The average molecular weight is 366 g/mol. The van der Waals surface area contributed by atoms with Crippen LogP contribution in [0.3, 0.4) is 0 Å². The lowest BCUT2D eigenvalue weighted by molar-refractivity contribution is -0.124. The molecule has 25 heavy (non-hydrogen) atoms. The number of anilines is 1. The molecule has 0 atom stereocenters. The van der Waals surface area contributed by atoms with Gasteiger partial charge in [0.2, 0.25) is 11.9 Å². The second kappa shape index (κ2) is 6.64. The van der Waals surface area contributed by atoms with Gasteiger partial charge in [-0.3, -0.25) is 4.79 Å². The standard InChI is InChI=1S/C16H18ClN7O.3H2/c1-4-18-14(25)16(2,3)24-15-22-8-21-13(23-15)11-7-20-12-10(11)5-9(17)6-19-12;;;/h5-8H,4H2,1-3H3,(H,18,25)(H,19,20)(H,21,22,23,24);3*1H. The van der Waals surface area contributed by atoms with Crippen molar-refractivity contribution in [3.8, 4) is 11.4 Å². The number of rotatable bonds is 5. The molecular formula is C16H24ClN7O. The molecular weight excluding hydrogens is 342 g/mol. The van der Waals surface area contributed by atoms with Crippen LogP contribution in [0.25, 0.3) is 22.4 Å². The van der Waals surface area contributed by atoms with E-state index in [2.05, 4.69) is 35.6 Å². The number of hydrogen-bond donors (Lipinski definition) is 3. The predicted molar refractivity (Wildman–Crippen MR) is 103 cm³/mol. The summed E-state index contributed by atoms with van der Waals surface area (Å²) in [4.78, 5) is 32.2. The number of hydrogen-bond acceptors (Lipinski definition) is 6. The van der Waals surface area contributed by atoms with Crippen LogP contribution in [0, 0.1) is 0 Å². The number of aromatic nitrogens is 5. The van der Waals surface area contributed by atoms with Crippen LogP contribution in [0.4, 0.5) is 5.95 Å². The molecule has 0 bridgehead atoms. The highest BCUT2D eigenvalue weighted by molar-refractivity contribution is 6.31. The third-order valence-electron chi connectivity index (χ3n) is 3.64. The van der Waals surface area contributed by atoms with E-state index in [4.69, 9.17) is 11.6 Å². The molecule has 0 fully saturated rings. The first-order valence-corrected chi connectivity index (χ1v) is 8.17. The molecule has 0 aliphatic carbocycles. The summed E-state index contributed by atoms with van der Waals surface area (Å²) in [6, 6.07) is 1.80. The SMILES string of the molecule is CCNC(=O)C(C)(C)Nc1ncnc(-c2c[nH]c3ncc(Cl)cc23)n1.[HH].[HH].[HH]. The number of fused-ring (bicyclic) bond motifs is 1. The van der Waals surface area contributed by atoms with Gasteiger partial charge in [-0.25, -0.2) is 15.0 Å². The molecule has 0 spiro atoms. The van der Waals surface area contributed by atoms with Crippen LogP contribution in [-0.2, 0) is 4.79 Å². The van der Waals surface area contributed by atoms with Crippen LogP contribution in [0.15, 0.2) is 24.8 Å². The minimum atomic E-state index is -0.861. The maximum Gasteiger partial charge on any atom is 0.245 e. The van der Waals surface area contributed by atoms with Crippen LogP contribution in [0.1, 0.15) is 25.1 Å². The van der Waals surface area contributed by atoms with Crippen molar-refractivity contribution in [3.05, 3.63) is 29.8 Å². The Morgan fingerprint density at radius 3 is 2.92 bits per heavy atom. The van der Waals surface area contributed by atoms with Crippen molar-refractivity contribution in [1.82, 2.24) is 30.2 Å². The first-order valence-electron chi connectivity index (χ1n) is 7.79. The molecule has 9 heteroatoms. The maximum absolute atomic E-state index is 12.1. The lowest BCUT2D eigenvalue weighted by Crippen LogP contribution is -2.48. The van der Waals surface area contributed by atoms with Gasteiger partial charge < -0.3 is 15.6 Å². The summed E-state index contributed by atoms with van der Waals surface area (Å²) in [6.45, 7) is 5.94. The lowest BCUT2D eigenvalue weighted by atomic mass is 10.1. The van der Waals surface area contributed by atoms with E-state index in [0.29, 0.717) is 29.0 Å². The molecule has 0 saturated carbocycles. The number of carbonyl (C=O) groups excluding carboxylic acids is 1. The van der Waals surface area contributed by atoms with Crippen molar-refractivity contribution >= 4 is 34.5 Å². The van der Waals surface area contributed by atoms with E-state index < -0.39 is 5.54 Å². The molecule has 3 heterocycles. The molecule has 3 aromatic heterocycles. The number of carbonyl (C=O) groups is 1. The fraction of sp³-hybridized carbons (Fsp3) is 0.312. The largest absolute Gasteiger partial charge is 0.354 e. The summed E-state index contributed by atoms with van der Waals surface area (Å²) in [6.07, 6.45) is 4.73. The van der Waals surface area contributed by atoms with E-state index in [0.717, 1.165) is 10.9 Å². The smallest absolute Gasteiger partial charge is 0.245 e. The van der Waals surface area contributed by atoms with Crippen molar-refractivity contribution in [2.75, 3.05) is 11.9 Å². The highest BCUT2D eigenvalue weighted by Crippen LogP contribution is 2.27. The Morgan fingerprint density at radius 1 is 1.36 bits per heavy atom. The molecule has 3 rings (SSSR count). The number of halogens is 1. The normalized spacial score (nSPS) is 11.5. The molecule has 3 N–H and O–H groups in total. The van der Waals surface area contributed by atoms with Crippen molar-refractivity contribution in [1.29, 1.82) is 0 Å². The number of nitrogens with one attached hydrogen (secondary N) is 3. The second-order valence-corrected chi connectivity index (χ2v) is 6.43. The molecule has 3 aromatic rings. The Hall–Kier alpha value is -2.74. The fourth-order valence-corrected chi connectivity index (χ4v) is 2.52. The van der Waals surface area contributed by atoms with E-state index in [1.807, 2.05) is 6.92 Å². The molecule has 0 unspecified atom stereocenters. The third kappa shape index (κ3) is 3.53. The van der Waals surface area contributed by atoms with Gasteiger partial charge in [0.1, 0.15) is 17.5 Å². The average Bonchev–Trinajstić information content (AvgIpc) is 2.98. The van der Waals surface area contributed by atoms with Crippen molar-refractivity contribution in [2.45, 2.75) is 26.3 Å². The Balaban J connectivity index is 0.00000243. The molecule has 1 amide bonds. The Kier molecular flexibility index (Phi) is 4.54. The first kappa shape index (κ1) is 17.1. The van der Waals surface area contributed by atoms with Crippen LogP contribution in [0.2, 0.25) is 5.02 Å². The van der Waals surface area contributed by atoms with Crippen molar-refractivity contribution in [3.63, 3.8) is 0 Å². The zero-order valence-corrected chi connectivity index (χ0v) is 14.8. The number of pyridine rings is 1. The fourth-order valence-electron chi connectivity index (χ4n) is 2.37. The van der Waals surface area contributed by atoms with E-state index in [1.165, 1.54) is 6.33 Å². The molecule has 0 aliphatic rings. The van der Waals surface area contributed by atoms with Gasteiger partial charge in [0.05, 0.1) is 5.02 Å². The summed E-state index contributed by atoms with van der Waals surface area (Å²) < 4.78 is 0. The van der Waals surface area contributed by atoms with E-state index in [9.17, 15) is 4.79 Å². The van der Waals surface area contributed by atoms with Gasteiger partial charge in [-0.1, -0.05) is 11.6 Å². The molecule has 0 aliphatic heterocycles. The zero-order chi connectivity index (χ0) is 18.0. The minimum Gasteiger partial charge on any atom is -0.354 e. The lowest BCUT2D eigenvalue weighted by Gasteiger charge is -2.24. The number of H-pyrrole nitrogens is 1. The predicted octanol–water partition coefficient (Wildman–Crippen LogP) is 3.13. The minimum absolute atomic E-state index is 0. The van der Waals surface area contributed by atoms with Gasteiger partial charge in [0.25, 0.3) is 0 Å². The monoisotopic (exact) mass is 365 g/mol. The number of nitrogens with zero attached hydrogens (tertiary/aromatic N) is 4. The zero-order valence-electron chi connectivity index (χ0n) is 14.1. The highest BCUT2D eigenvalue weighted by atomic mass is 35.5. The quantitative estimate of drug-likeness (QED) is 0.641. The van der Waals surface area contributed by atoms with Gasteiger partial charge in [0.15, 0.2) is 5.82 Å². The van der Waals surface area contributed by atoms with Crippen molar-refractivity contribution in [2.24, 2.45) is 0 Å². The molecule has 0 aromatic carbocycles. The summed E-state index contributed by atoms with van der Waals surface area (Å²) in [5.74, 6) is 0.630. The van der Waals surface area contributed by atoms with E-state index >= 15 is 0 Å². The summed E-state index contributed by atoms with van der Waals surface area (Å²) in [7, 11) is 0. The Morgan fingerprint density at radius 2 is 2.16 bits per heavy atom. The van der Waals surface area contributed by atoms with Crippen LogP contribution in [0.5, 0.6) is 0 Å². The summed E-state index contributed by atoms with van der Waals surface area (Å²) >= 11 is 6.03. The topological polar surface area (TPSA) is 108 Å². The first-order chi connectivity index (χ1) is 11.9. The van der Waals surface area contributed by atoms with E-state index in [1.54, 1.807) is 32.3 Å². The summed E-state index contributed by atoms with van der Waals surface area (Å²) in [5.41, 5.74) is 0.586. The van der Waals surface area contributed by atoms with E-state index in [-0.39, 0.29) is 10.2 Å². The highest BCUT2D eigenvalue weighted by Gasteiger charge is 2.28. The van der Waals surface area contributed by atoms with Gasteiger partial charge in [-0.2, -0.15) is 4.98 Å². The molecule has 136 valence electrons. The number of likely N-dealkylation sites (N-methyl/N-ethyl adjacent to an activating group) is 1. The van der Waals surface area contributed by atoms with Crippen LogP contribution < -0.4 is 10.6 Å². The molecule has 8 nitrogen and oxygen atoms in total. The Bertz CT molecular complexity index is 935. The Labute approximate surface area is 153 Å². The third-order valence-corrected chi connectivity index (χ3v) is 3.85. The number of amides is 1. The molecule has 0 saturated heterocycles. The van der Waals surface area contributed by atoms with Crippen LogP contribution >= 0.6 is 11.6 Å². The van der Waals surface area contributed by atoms with Gasteiger partial charge >= 0.3 is 0 Å². The summed E-state index contributed by atoms with van der Waals surface area (Å²) in [5, 5.41) is 7.16. The maximum atomic E-state index is 12.1. The van der Waals surface area contributed by atoms with Gasteiger partial charge in [0, 0.05) is 34.2 Å². The van der Waals surface area contributed by atoms with Crippen molar-refractivity contribution < 1.29 is 9.07 Å². The number of aromatic amines is 1. The van der Waals surface area contributed by atoms with Gasteiger partial charge in [-0.15, -0.1) is 0 Å².